The van der Waals surface area contributed by atoms with Gasteiger partial charge in [-0.15, -0.1) is 18.3 Å². The van der Waals surface area contributed by atoms with Gasteiger partial charge in [0.05, 0.1) is 17.9 Å². The maximum absolute atomic E-state index is 13.6. The number of hydrogen-bond acceptors (Lipinski definition) is 9. The summed E-state index contributed by atoms with van der Waals surface area (Å²) in [5.74, 6) is -1.32. The molecule has 1 amide bonds. The van der Waals surface area contributed by atoms with E-state index in [4.69, 9.17) is 20.7 Å². The third-order valence-electron chi connectivity index (χ3n) is 13.7. The molecule has 0 spiro atoms. The number of piperidine rings is 1. The van der Waals surface area contributed by atoms with Crippen LogP contribution >= 0.6 is 11.8 Å². The van der Waals surface area contributed by atoms with E-state index in [2.05, 4.69) is 27.4 Å². The van der Waals surface area contributed by atoms with E-state index in [1.807, 2.05) is 31.7 Å². The van der Waals surface area contributed by atoms with Crippen molar-refractivity contribution in [1.82, 2.24) is 4.90 Å². The van der Waals surface area contributed by atoms with E-state index >= 15 is 0 Å². The Morgan fingerprint density at radius 1 is 1.00 bits per heavy atom. The second kappa shape index (κ2) is 20.1. The van der Waals surface area contributed by atoms with Crippen LogP contribution in [0.2, 0.25) is 0 Å². The van der Waals surface area contributed by atoms with Crippen molar-refractivity contribution in [2.45, 2.75) is 161 Å². The zero-order valence-corrected chi connectivity index (χ0v) is 34.7. The van der Waals surface area contributed by atoms with Crippen molar-refractivity contribution in [3.63, 3.8) is 0 Å². The number of unbranched alkanes of at least 4 members (excludes halogenated alkanes) is 5. The lowest BCUT2D eigenvalue weighted by Gasteiger charge is -2.61. The van der Waals surface area contributed by atoms with Crippen LogP contribution in [0, 0.1) is 39.9 Å². The Morgan fingerprint density at radius 2 is 1.59 bits per heavy atom. The SMILES string of the molecule is C=C[C@]1(C)C[C@@H](OC(=O)CS[C@H]2CCCN(C(=O)[C@H](N)C(C)C)C2)[C@]2(C)[C@H](C)CC[C@]3(CCC(=O)[C@H]32)[C@@H](C)[C@@H]1O.O=C(O)CCCCCCCCC(=O)O. The molecular weight excluding hydrogens is 709 g/mol. The highest BCUT2D eigenvalue weighted by Gasteiger charge is 2.68. The number of likely N-dealkylation sites (tertiary alicyclic amines) is 1. The molecular formula is C42H70N2O9S. The van der Waals surface area contributed by atoms with Crippen molar-refractivity contribution in [2.75, 3.05) is 18.8 Å². The first kappa shape index (κ1) is 45.9. The van der Waals surface area contributed by atoms with Gasteiger partial charge in [-0.1, -0.05) is 73.3 Å². The fraction of sp³-hybridized carbons (Fsp3) is 0.833. The number of ether oxygens (including phenoxy) is 1. The van der Waals surface area contributed by atoms with Crippen LogP contribution in [0.25, 0.3) is 0 Å². The number of rotatable bonds is 16. The van der Waals surface area contributed by atoms with Crippen molar-refractivity contribution in [1.29, 1.82) is 0 Å². The fourth-order valence-electron chi connectivity index (χ4n) is 9.91. The number of carboxylic acid groups (broad SMARTS) is 2. The zero-order chi connectivity index (χ0) is 40.4. The Bertz CT molecular complexity index is 1310. The molecule has 4 rings (SSSR count). The second-order valence-electron chi connectivity index (χ2n) is 17.6. The first-order valence-corrected chi connectivity index (χ1v) is 21.5. The molecule has 0 aromatic rings. The maximum Gasteiger partial charge on any atom is 0.316 e. The number of thioether (sulfide) groups is 1. The number of aliphatic hydroxyl groups is 1. The van der Waals surface area contributed by atoms with Gasteiger partial charge < -0.3 is 30.7 Å². The highest BCUT2D eigenvalue weighted by Crippen LogP contribution is 2.68. The van der Waals surface area contributed by atoms with Crippen molar-refractivity contribution in [3.8, 4) is 0 Å². The van der Waals surface area contributed by atoms with Gasteiger partial charge in [0, 0.05) is 54.3 Å². The number of carbonyl (C=O) groups is 5. The summed E-state index contributed by atoms with van der Waals surface area (Å²) in [6.07, 6.45) is 11.9. The number of ketones is 1. The van der Waals surface area contributed by atoms with Crippen LogP contribution in [0.15, 0.2) is 12.7 Å². The number of nitrogens with two attached hydrogens (primary N) is 1. The van der Waals surface area contributed by atoms with Gasteiger partial charge in [-0.05, 0) is 74.5 Å². The summed E-state index contributed by atoms with van der Waals surface area (Å²) >= 11 is 1.55. The molecule has 4 fully saturated rings. The molecule has 0 radical (unpaired) electrons. The molecule has 54 heavy (non-hydrogen) atoms. The number of Topliss-reactive ketones (excluding diaryl/α,β-unsaturated/α-hetero) is 1. The standard InChI is InChI=1S/C32H52N2O5S.C10H18O4/c1-8-30(6)16-24(31(7)20(4)11-13-32(21(5)28(30)37)14-12-23(35)27(31)32)39-25(36)18-40-22-10-9-15-34(17-22)29(38)26(33)19(2)3;11-9(12)7-5-3-1-2-4-6-8-10(13)14/h8,19-22,24,26-28,37H,1,9-18,33H2,2-7H3;1-8H2,(H,11,12)(H,13,14)/t20-,21+,22+,24-,26-,27+,28+,30-,31+,32+;/m1./s1. The monoisotopic (exact) mass is 778 g/mol. The molecule has 12 heteroatoms. The van der Waals surface area contributed by atoms with Crippen LogP contribution in [-0.2, 0) is 28.7 Å². The second-order valence-corrected chi connectivity index (χ2v) is 18.9. The molecule has 3 aliphatic carbocycles. The number of amides is 1. The Balaban J connectivity index is 0.000000475. The molecule has 0 unspecified atom stereocenters. The average molecular weight is 779 g/mol. The van der Waals surface area contributed by atoms with E-state index in [1.54, 1.807) is 11.8 Å². The lowest BCUT2D eigenvalue weighted by molar-refractivity contribution is -0.205. The molecule has 0 aromatic carbocycles. The van der Waals surface area contributed by atoms with Crippen LogP contribution in [0.5, 0.6) is 0 Å². The number of hydrogen-bond donors (Lipinski definition) is 4. The summed E-state index contributed by atoms with van der Waals surface area (Å²) < 4.78 is 6.38. The summed E-state index contributed by atoms with van der Waals surface area (Å²) in [7, 11) is 0. The van der Waals surface area contributed by atoms with Gasteiger partial charge in [-0.25, -0.2) is 0 Å². The Kier molecular flexibility index (Phi) is 17.1. The largest absolute Gasteiger partial charge is 0.481 e. The molecule has 10 atom stereocenters. The first-order valence-electron chi connectivity index (χ1n) is 20.5. The zero-order valence-electron chi connectivity index (χ0n) is 33.9. The first-order chi connectivity index (χ1) is 25.3. The van der Waals surface area contributed by atoms with Gasteiger partial charge in [-0.3, -0.25) is 24.0 Å². The van der Waals surface area contributed by atoms with Crippen LogP contribution in [0.4, 0.5) is 0 Å². The van der Waals surface area contributed by atoms with Crippen LogP contribution in [0.1, 0.15) is 138 Å². The molecule has 5 N–H and O–H groups in total. The van der Waals surface area contributed by atoms with Crippen LogP contribution < -0.4 is 5.73 Å². The predicted octanol–water partition coefficient (Wildman–Crippen LogP) is 6.88. The third-order valence-corrected chi connectivity index (χ3v) is 15.0. The molecule has 11 nitrogen and oxygen atoms in total. The van der Waals surface area contributed by atoms with Gasteiger partial charge >= 0.3 is 17.9 Å². The molecule has 2 bridgehead atoms. The van der Waals surface area contributed by atoms with Gasteiger partial charge in [0.15, 0.2) is 0 Å². The maximum atomic E-state index is 13.6. The normalized spacial score (nSPS) is 34.1. The highest BCUT2D eigenvalue weighted by atomic mass is 32.2. The Morgan fingerprint density at radius 3 is 2.15 bits per heavy atom. The highest BCUT2D eigenvalue weighted by molar-refractivity contribution is 8.00. The summed E-state index contributed by atoms with van der Waals surface area (Å²) in [6.45, 7) is 17.8. The number of nitrogens with zero attached hydrogens (tertiary/aromatic N) is 1. The molecule has 1 saturated heterocycles. The van der Waals surface area contributed by atoms with E-state index in [0.717, 1.165) is 70.6 Å². The van der Waals surface area contributed by atoms with Gasteiger partial charge in [-0.2, -0.15) is 0 Å². The third kappa shape index (κ3) is 10.9. The van der Waals surface area contributed by atoms with Crippen LogP contribution in [0.3, 0.4) is 0 Å². The van der Waals surface area contributed by atoms with Crippen molar-refractivity contribution in [2.24, 2.45) is 45.7 Å². The topological polar surface area (TPSA) is 185 Å². The molecule has 1 heterocycles. The Hall–Kier alpha value is -2.44. The number of carbonyl (C=O) groups excluding carboxylic acids is 3. The summed E-state index contributed by atoms with van der Waals surface area (Å²) in [6, 6.07) is -0.506. The molecule has 308 valence electrons. The van der Waals surface area contributed by atoms with E-state index in [1.165, 1.54) is 0 Å². The van der Waals surface area contributed by atoms with Gasteiger partial charge in [0.2, 0.25) is 5.91 Å². The van der Waals surface area contributed by atoms with E-state index in [0.29, 0.717) is 25.9 Å². The van der Waals surface area contributed by atoms with Crippen molar-refractivity contribution >= 4 is 41.4 Å². The number of aliphatic hydroxyl groups excluding tert-OH is 1. The summed E-state index contributed by atoms with van der Waals surface area (Å²) in [4.78, 5) is 62.0. The lowest BCUT2D eigenvalue weighted by Crippen LogP contribution is -2.63. The van der Waals surface area contributed by atoms with E-state index in [-0.39, 0.29) is 70.6 Å². The number of esters is 1. The average Bonchev–Trinajstić information content (AvgIpc) is 3.49. The molecule has 1 aliphatic heterocycles. The quantitative estimate of drug-likeness (QED) is 0.0728. The Labute approximate surface area is 328 Å². The van der Waals surface area contributed by atoms with Crippen molar-refractivity contribution in [3.05, 3.63) is 12.7 Å². The minimum absolute atomic E-state index is 0.0159. The smallest absolute Gasteiger partial charge is 0.316 e. The minimum atomic E-state index is -0.740. The van der Waals surface area contributed by atoms with Gasteiger partial charge in [0.25, 0.3) is 0 Å². The van der Waals surface area contributed by atoms with E-state index in [9.17, 15) is 29.1 Å². The van der Waals surface area contributed by atoms with Crippen molar-refractivity contribution < 1.29 is 44.0 Å². The van der Waals surface area contributed by atoms with Crippen LogP contribution in [-0.4, -0.2) is 92.2 Å². The minimum Gasteiger partial charge on any atom is -0.481 e. The summed E-state index contributed by atoms with van der Waals surface area (Å²) in [5, 5.41) is 28.5. The fourth-order valence-corrected chi connectivity index (χ4v) is 11.0. The lowest BCUT2D eigenvalue weighted by atomic mass is 9.44. The van der Waals surface area contributed by atoms with E-state index < -0.39 is 41.0 Å². The number of aliphatic carboxylic acids is 2. The molecule has 0 aromatic heterocycles. The molecule has 4 aliphatic rings. The molecule has 3 saturated carbocycles. The predicted molar refractivity (Wildman–Crippen MR) is 212 cm³/mol. The summed E-state index contributed by atoms with van der Waals surface area (Å²) in [5.41, 5.74) is 4.70. The number of carboxylic acids is 2. The van der Waals surface area contributed by atoms with Gasteiger partial charge in [0.1, 0.15) is 11.9 Å².